The number of hydrogen-bond acceptors (Lipinski definition) is 10. The summed E-state index contributed by atoms with van der Waals surface area (Å²) in [7, 11) is -2.49. The van der Waals surface area contributed by atoms with Gasteiger partial charge >= 0.3 is 6.09 Å². The molecule has 6 rings (SSSR count). The van der Waals surface area contributed by atoms with Crippen LogP contribution in [0.4, 0.5) is 4.79 Å². The maximum Gasteiger partial charge on any atom is 0.408 e. The Bertz CT molecular complexity index is 2070. The number of halogens is 1. The number of hydrogen-bond donors (Lipinski definition) is 3. The van der Waals surface area contributed by atoms with Gasteiger partial charge in [0.2, 0.25) is 33.6 Å². The Labute approximate surface area is 345 Å². The molecule has 17 heteroatoms. The maximum absolute atomic E-state index is 15.1. The molecule has 1 aromatic heterocycles. The van der Waals surface area contributed by atoms with Crippen LogP contribution in [0.2, 0.25) is 5.02 Å². The molecule has 0 unspecified atom stereocenters. The highest BCUT2D eigenvalue weighted by Gasteiger charge is 2.63. The summed E-state index contributed by atoms with van der Waals surface area (Å²) in [4.78, 5) is 64.0. The van der Waals surface area contributed by atoms with Crippen LogP contribution >= 0.6 is 11.6 Å². The molecule has 2 saturated carbocycles. The number of aromatic nitrogens is 1. The number of nitrogens with one attached hydrogen (secondary N) is 2. The lowest BCUT2D eigenvalue weighted by molar-refractivity contribution is -0.146. The van der Waals surface area contributed by atoms with Crippen molar-refractivity contribution in [1.29, 1.82) is 0 Å². The molecule has 58 heavy (non-hydrogen) atoms. The number of methoxy groups -OCH3 is 1. The Balaban J connectivity index is 1.41. The van der Waals surface area contributed by atoms with Crippen LogP contribution in [0.1, 0.15) is 86.5 Å². The second-order valence-corrected chi connectivity index (χ2v) is 20.3. The molecule has 2 aliphatic carbocycles. The molecule has 318 valence electrons. The molecule has 15 nitrogen and oxygen atoms in total. The van der Waals surface area contributed by atoms with Crippen molar-refractivity contribution < 1.29 is 46.9 Å². The zero-order valence-corrected chi connectivity index (χ0v) is 35.8. The van der Waals surface area contributed by atoms with E-state index in [-0.39, 0.29) is 43.7 Å². The normalized spacial score (nSPS) is 28.7. The number of benzene rings is 1. The fraction of sp³-hybridized carbons (Fsp3) is 0.634. The van der Waals surface area contributed by atoms with E-state index < -0.39 is 79.7 Å². The number of ether oxygens (including phenoxy) is 3. The van der Waals surface area contributed by atoms with Gasteiger partial charge in [-0.2, -0.15) is 4.98 Å². The first-order chi connectivity index (χ1) is 27.2. The second kappa shape index (κ2) is 16.5. The van der Waals surface area contributed by atoms with Gasteiger partial charge in [-0.3, -0.25) is 24.0 Å². The van der Waals surface area contributed by atoms with Crippen molar-refractivity contribution in [3.8, 4) is 11.8 Å². The molecule has 0 spiro atoms. The Morgan fingerprint density at radius 3 is 2.52 bits per heavy atom. The summed E-state index contributed by atoms with van der Waals surface area (Å²) in [5, 5.41) is 15.1. The molecular formula is C41H56ClN5O10S. The number of carbonyl (C=O) groups excluding carboxylic acids is 3. The third-order valence-corrected chi connectivity index (χ3v) is 14.5. The van der Waals surface area contributed by atoms with E-state index >= 15 is 4.79 Å². The van der Waals surface area contributed by atoms with E-state index in [4.69, 9.17) is 25.8 Å². The molecule has 4 amide bonds. The molecular weight excluding hydrogens is 790 g/mol. The van der Waals surface area contributed by atoms with Crippen molar-refractivity contribution in [2.24, 2.45) is 17.8 Å². The van der Waals surface area contributed by atoms with E-state index in [0.717, 1.165) is 6.42 Å². The highest BCUT2D eigenvalue weighted by molar-refractivity contribution is 7.91. The van der Waals surface area contributed by atoms with E-state index in [2.05, 4.69) is 21.9 Å². The summed E-state index contributed by atoms with van der Waals surface area (Å²) < 4.78 is 45.2. The van der Waals surface area contributed by atoms with Crippen LogP contribution in [0.25, 0.3) is 10.8 Å². The molecule has 1 aromatic carbocycles. The number of fused-ring (bicyclic) bond motifs is 3. The third-order valence-electron chi connectivity index (χ3n) is 12.0. The molecule has 2 aromatic rings. The number of pyridine rings is 1. The topological polar surface area (TPSA) is 194 Å². The third kappa shape index (κ3) is 8.88. The number of amides is 4. The van der Waals surface area contributed by atoms with Crippen molar-refractivity contribution in [3.63, 3.8) is 0 Å². The van der Waals surface area contributed by atoms with Crippen LogP contribution in [0.5, 0.6) is 11.8 Å². The summed E-state index contributed by atoms with van der Waals surface area (Å²) in [5.74, 6) is -2.60. The predicted molar refractivity (Wildman–Crippen MR) is 217 cm³/mol. The lowest BCUT2D eigenvalue weighted by Gasteiger charge is -2.43. The van der Waals surface area contributed by atoms with E-state index in [1.165, 1.54) is 9.80 Å². The maximum atomic E-state index is 15.1. The SMILES string of the molecule is COCCOc1cc2c(Cl)cccc2c(O[C@@H]2C[C@H]3C(=O)N[C@]4(C(=O)NS(=O)(=O)C5(C)CC5)C[C@H]4C=CCC[C@@H](C)C[C@@H](C)[C@H](N(C(=O)O)C(C)(C)C)C(=O)N3C2)n1. The Morgan fingerprint density at radius 2 is 1.86 bits per heavy atom. The van der Waals surface area contributed by atoms with E-state index in [1.807, 2.05) is 19.1 Å². The summed E-state index contributed by atoms with van der Waals surface area (Å²) in [6.07, 6.45) is 4.48. The van der Waals surface area contributed by atoms with Gasteiger partial charge in [-0.25, -0.2) is 13.2 Å². The number of carboxylic acid groups (broad SMARTS) is 1. The lowest BCUT2D eigenvalue weighted by Crippen LogP contribution is -2.62. The van der Waals surface area contributed by atoms with Crippen LogP contribution in [-0.2, 0) is 29.1 Å². The average Bonchev–Trinajstić information content (AvgIpc) is 4.01. The Morgan fingerprint density at radius 1 is 1.14 bits per heavy atom. The molecule has 4 aliphatic rings. The van der Waals surface area contributed by atoms with Crippen LogP contribution in [0.3, 0.4) is 0 Å². The minimum absolute atomic E-state index is 0.0509. The summed E-state index contributed by atoms with van der Waals surface area (Å²) >= 11 is 6.60. The van der Waals surface area contributed by atoms with Crippen molar-refractivity contribution in [3.05, 3.63) is 41.4 Å². The zero-order chi connectivity index (χ0) is 42.4. The number of sulfonamides is 1. The molecule has 0 bridgehead atoms. The van der Waals surface area contributed by atoms with E-state index in [1.54, 1.807) is 59.1 Å². The van der Waals surface area contributed by atoms with E-state index in [0.29, 0.717) is 48.1 Å². The predicted octanol–water partition coefficient (Wildman–Crippen LogP) is 5.29. The van der Waals surface area contributed by atoms with Crippen molar-refractivity contribution in [2.45, 2.75) is 121 Å². The highest BCUT2D eigenvalue weighted by Crippen LogP contribution is 2.48. The first kappa shape index (κ1) is 43.4. The zero-order valence-electron chi connectivity index (χ0n) is 34.2. The summed E-state index contributed by atoms with van der Waals surface area (Å²) in [6, 6.07) is 4.52. The van der Waals surface area contributed by atoms with Gasteiger partial charge in [-0.15, -0.1) is 0 Å². The number of allylic oxidation sites excluding steroid dienone is 1. The number of nitrogens with zero attached hydrogens (tertiary/aromatic N) is 3. The molecule has 3 heterocycles. The van der Waals surface area contributed by atoms with Crippen LogP contribution in [-0.4, -0.2) is 113 Å². The van der Waals surface area contributed by atoms with E-state index in [9.17, 15) is 27.9 Å². The monoisotopic (exact) mass is 845 g/mol. The molecule has 3 fully saturated rings. The first-order valence-corrected chi connectivity index (χ1v) is 21.8. The molecule has 2 aliphatic heterocycles. The minimum atomic E-state index is -4.04. The second-order valence-electron chi connectivity index (χ2n) is 17.7. The standard InChI is InChI=1S/C41H56ClN5O10S/c1-24-11-8-9-12-26-22-41(26,37(50)45-58(53,54)40(6)15-16-40)44-34(48)31-20-27(23-46(31)36(49)33(25(2)19-24)47(38(51)52)39(3,4)5)57-35-28-13-10-14-30(42)29(28)21-32(43-35)56-18-17-55-7/h9-10,12-14,21,24-27,31,33H,8,11,15-20,22-23H2,1-7H3,(H,44,48)(H,45,50)(H,51,52)/t24-,25-,26-,27-,31+,33+,41-/m1/s1. The highest BCUT2D eigenvalue weighted by atomic mass is 35.5. The lowest BCUT2D eigenvalue weighted by atomic mass is 9.85. The van der Waals surface area contributed by atoms with Gasteiger partial charge in [0.15, 0.2) is 0 Å². The molecule has 1 saturated heterocycles. The van der Waals surface area contributed by atoms with Crippen molar-refractivity contribution in [2.75, 3.05) is 26.9 Å². The molecule has 7 atom stereocenters. The fourth-order valence-electron chi connectivity index (χ4n) is 8.30. The quantitative estimate of drug-likeness (QED) is 0.208. The largest absolute Gasteiger partial charge is 0.475 e. The van der Waals surface area contributed by atoms with Gasteiger partial charge in [0, 0.05) is 46.8 Å². The Hall–Kier alpha value is -4.15. The van der Waals surface area contributed by atoms with Gasteiger partial charge < -0.3 is 29.5 Å². The van der Waals surface area contributed by atoms with Crippen LogP contribution in [0, 0.1) is 17.8 Å². The van der Waals surface area contributed by atoms with Gasteiger partial charge in [0.1, 0.15) is 30.3 Å². The smallest absolute Gasteiger partial charge is 0.408 e. The van der Waals surface area contributed by atoms with Gasteiger partial charge in [-0.05, 0) is 90.2 Å². The fourth-order valence-corrected chi connectivity index (χ4v) is 9.84. The minimum Gasteiger partial charge on any atom is -0.475 e. The van der Waals surface area contributed by atoms with Gasteiger partial charge in [0.25, 0.3) is 5.91 Å². The first-order valence-electron chi connectivity index (χ1n) is 20.0. The van der Waals surface area contributed by atoms with Crippen LogP contribution < -0.4 is 19.5 Å². The molecule has 0 radical (unpaired) electrons. The van der Waals surface area contributed by atoms with Gasteiger partial charge in [0.05, 0.1) is 17.9 Å². The summed E-state index contributed by atoms with van der Waals surface area (Å²) in [6.45, 7) is 11.0. The van der Waals surface area contributed by atoms with Crippen molar-refractivity contribution >= 4 is 56.2 Å². The number of carbonyl (C=O) groups is 4. The average molecular weight is 846 g/mol. The van der Waals surface area contributed by atoms with Crippen molar-refractivity contribution in [1.82, 2.24) is 24.8 Å². The van der Waals surface area contributed by atoms with Gasteiger partial charge in [-0.1, -0.05) is 43.7 Å². The summed E-state index contributed by atoms with van der Waals surface area (Å²) in [5.41, 5.74) is -2.58. The number of rotatable bonds is 10. The molecule has 3 N–H and O–H groups in total. The van der Waals surface area contributed by atoms with Crippen LogP contribution in [0.15, 0.2) is 36.4 Å². The Kier molecular flexibility index (Phi) is 12.3.